The van der Waals surface area contributed by atoms with Crippen LogP contribution in [0.5, 0.6) is 17.2 Å². The minimum Gasteiger partial charge on any atom is -0.497 e. The van der Waals surface area contributed by atoms with Gasteiger partial charge in [-0.1, -0.05) is 42.5 Å². The standard InChI is InChI=1S/C27H25N3O3S/c1-31-21-12-9-19(10-13-21)24-16-22(20-11-14-25(32-2)26(15-20)33-3)29-30(24)27-28-23(17-34-27)18-7-5-4-6-8-18/h4-15,17,24H,16H2,1-3H3. The summed E-state index contributed by atoms with van der Waals surface area (Å²) in [5.74, 6) is 2.21. The smallest absolute Gasteiger partial charge is 0.207 e. The third-order valence-electron chi connectivity index (χ3n) is 5.89. The number of hydrogen-bond donors (Lipinski definition) is 0. The molecule has 0 bridgehead atoms. The van der Waals surface area contributed by atoms with Crippen molar-refractivity contribution >= 4 is 22.2 Å². The number of benzene rings is 3. The summed E-state index contributed by atoms with van der Waals surface area (Å²) in [7, 11) is 4.96. The molecule has 6 nitrogen and oxygen atoms in total. The molecule has 0 saturated heterocycles. The van der Waals surface area contributed by atoms with Gasteiger partial charge >= 0.3 is 0 Å². The van der Waals surface area contributed by atoms with E-state index in [0.29, 0.717) is 11.5 Å². The van der Waals surface area contributed by atoms with Crippen LogP contribution in [0.2, 0.25) is 0 Å². The molecule has 0 N–H and O–H groups in total. The molecule has 0 aliphatic carbocycles. The third kappa shape index (κ3) is 4.22. The molecule has 1 aliphatic heterocycles. The van der Waals surface area contributed by atoms with E-state index >= 15 is 0 Å². The molecule has 2 heterocycles. The van der Waals surface area contributed by atoms with Crippen LogP contribution >= 0.6 is 11.3 Å². The van der Waals surface area contributed by atoms with Gasteiger partial charge in [0.05, 0.1) is 38.8 Å². The highest BCUT2D eigenvalue weighted by Crippen LogP contribution is 2.40. The zero-order valence-corrected chi connectivity index (χ0v) is 20.1. The summed E-state index contributed by atoms with van der Waals surface area (Å²) < 4.78 is 16.3. The maximum absolute atomic E-state index is 5.52. The molecule has 1 aliphatic rings. The number of nitrogens with zero attached hydrogens (tertiary/aromatic N) is 3. The van der Waals surface area contributed by atoms with Crippen molar-refractivity contribution in [1.82, 2.24) is 4.98 Å². The quantitative estimate of drug-likeness (QED) is 0.322. The van der Waals surface area contributed by atoms with Gasteiger partial charge in [-0.2, -0.15) is 5.10 Å². The first-order chi connectivity index (χ1) is 16.7. The lowest BCUT2D eigenvalue weighted by molar-refractivity contribution is 0.355. The number of anilines is 1. The van der Waals surface area contributed by atoms with Crippen molar-refractivity contribution in [1.29, 1.82) is 0 Å². The molecule has 0 spiro atoms. The van der Waals surface area contributed by atoms with Crippen molar-refractivity contribution in [2.24, 2.45) is 5.10 Å². The van der Waals surface area contributed by atoms with Crippen molar-refractivity contribution in [2.45, 2.75) is 12.5 Å². The highest BCUT2D eigenvalue weighted by molar-refractivity contribution is 7.14. The molecule has 34 heavy (non-hydrogen) atoms. The van der Waals surface area contributed by atoms with E-state index < -0.39 is 0 Å². The van der Waals surface area contributed by atoms with Gasteiger partial charge in [-0.3, -0.25) is 0 Å². The second-order valence-corrected chi connectivity index (χ2v) is 8.67. The Labute approximate surface area is 203 Å². The van der Waals surface area contributed by atoms with Crippen molar-refractivity contribution < 1.29 is 14.2 Å². The third-order valence-corrected chi connectivity index (χ3v) is 6.72. The molecule has 172 valence electrons. The van der Waals surface area contributed by atoms with Crippen LogP contribution < -0.4 is 19.2 Å². The summed E-state index contributed by atoms with van der Waals surface area (Å²) in [6, 6.07) is 24.3. The highest BCUT2D eigenvalue weighted by atomic mass is 32.1. The van der Waals surface area contributed by atoms with Crippen LogP contribution in [-0.4, -0.2) is 32.0 Å². The number of methoxy groups -OCH3 is 3. The number of hydrazone groups is 1. The molecule has 0 fully saturated rings. The Hall–Kier alpha value is -3.84. The Bertz CT molecular complexity index is 1300. The van der Waals surface area contributed by atoms with Crippen LogP contribution in [0.4, 0.5) is 5.13 Å². The summed E-state index contributed by atoms with van der Waals surface area (Å²) in [6.07, 6.45) is 0.738. The first-order valence-electron chi connectivity index (χ1n) is 10.9. The van der Waals surface area contributed by atoms with Gasteiger partial charge in [0.15, 0.2) is 11.5 Å². The van der Waals surface area contributed by atoms with Gasteiger partial charge in [0, 0.05) is 22.9 Å². The first kappa shape index (κ1) is 22.0. The Morgan fingerprint density at radius 2 is 1.59 bits per heavy atom. The fourth-order valence-electron chi connectivity index (χ4n) is 4.07. The van der Waals surface area contributed by atoms with Crippen LogP contribution in [0.3, 0.4) is 0 Å². The molecule has 1 aromatic heterocycles. The Morgan fingerprint density at radius 3 is 2.29 bits per heavy atom. The maximum Gasteiger partial charge on any atom is 0.207 e. The topological polar surface area (TPSA) is 56.2 Å². The maximum atomic E-state index is 5.52. The molecule has 1 unspecified atom stereocenters. The zero-order chi connectivity index (χ0) is 23.5. The average molecular weight is 472 g/mol. The fraction of sp³-hybridized carbons (Fsp3) is 0.185. The number of ether oxygens (including phenoxy) is 3. The van der Waals surface area contributed by atoms with E-state index in [-0.39, 0.29) is 6.04 Å². The van der Waals surface area contributed by atoms with Crippen molar-refractivity contribution in [3.8, 4) is 28.5 Å². The second kappa shape index (κ2) is 9.57. The normalized spacial score (nSPS) is 15.2. The van der Waals surface area contributed by atoms with Crippen molar-refractivity contribution in [2.75, 3.05) is 26.3 Å². The van der Waals surface area contributed by atoms with Crippen LogP contribution in [0.1, 0.15) is 23.6 Å². The summed E-state index contributed by atoms with van der Waals surface area (Å²) in [6.45, 7) is 0. The lowest BCUT2D eigenvalue weighted by Crippen LogP contribution is -2.18. The predicted molar refractivity (Wildman–Crippen MR) is 136 cm³/mol. The van der Waals surface area contributed by atoms with Crippen LogP contribution in [0.25, 0.3) is 11.3 Å². The number of thiazole rings is 1. The molecule has 0 radical (unpaired) electrons. The minimum absolute atomic E-state index is 0.0174. The van der Waals surface area contributed by atoms with E-state index in [1.54, 1.807) is 32.7 Å². The molecule has 7 heteroatoms. The van der Waals surface area contributed by atoms with Gasteiger partial charge in [-0.15, -0.1) is 11.3 Å². The summed E-state index contributed by atoms with van der Waals surface area (Å²) >= 11 is 1.60. The van der Waals surface area contributed by atoms with Gasteiger partial charge in [-0.25, -0.2) is 9.99 Å². The number of aromatic nitrogens is 1. The molecule has 1 atom stereocenters. The molecule has 0 amide bonds. The molecular formula is C27H25N3O3S. The van der Waals surface area contributed by atoms with Gasteiger partial charge in [0.1, 0.15) is 5.75 Å². The Kier molecular flexibility index (Phi) is 6.18. The van der Waals surface area contributed by atoms with Crippen molar-refractivity contribution in [3.05, 3.63) is 89.3 Å². The largest absolute Gasteiger partial charge is 0.497 e. The van der Waals surface area contributed by atoms with Crippen LogP contribution in [0, 0.1) is 0 Å². The highest BCUT2D eigenvalue weighted by Gasteiger charge is 2.32. The predicted octanol–water partition coefficient (Wildman–Crippen LogP) is 6.19. The second-order valence-electron chi connectivity index (χ2n) is 7.84. The van der Waals surface area contributed by atoms with E-state index in [1.807, 2.05) is 53.5 Å². The van der Waals surface area contributed by atoms with E-state index in [2.05, 4.69) is 29.6 Å². The monoisotopic (exact) mass is 471 g/mol. The molecule has 3 aromatic carbocycles. The van der Waals surface area contributed by atoms with Gasteiger partial charge in [0.25, 0.3) is 0 Å². The van der Waals surface area contributed by atoms with E-state index in [4.69, 9.17) is 24.3 Å². The van der Waals surface area contributed by atoms with Gasteiger partial charge in [0.2, 0.25) is 5.13 Å². The Morgan fingerprint density at radius 1 is 0.824 bits per heavy atom. The number of rotatable bonds is 7. The van der Waals surface area contributed by atoms with Crippen LogP contribution in [-0.2, 0) is 0 Å². The van der Waals surface area contributed by atoms with E-state index in [1.165, 1.54) is 0 Å². The molecular weight excluding hydrogens is 446 g/mol. The minimum atomic E-state index is 0.0174. The summed E-state index contributed by atoms with van der Waals surface area (Å²) in [5.41, 5.74) is 5.16. The van der Waals surface area contributed by atoms with Crippen LogP contribution in [0.15, 0.2) is 83.3 Å². The lowest BCUT2D eigenvalue weighted by atomic mass is 9.98. The summed E-state index contributed by atoms with van der Waals surface area (Å²) in [4.78, 5) is 4.93. The first-order valence-corrected chi connectivity index (χ1v) is 11.8. The molecule has 0 saturated carbocycles. The van der Waals surface area contributed by atoms with Crippen molar-refractivity contribution in [3.63, 3.8) is 0 Å². The fourth-order valence-corrected chi connectivity index (χ4v) is 4.91. The van der Waals surface area contributed by atoms with Gasteiger partial charge in [-0.05, 0) is 35.9 Å². The molecule has 4 aromatic rings. The summed E-state index contributed by atoms with van der Waals surface area (Å²) in [5, 5.41) is 10.0. The number of hydrogen-bond acceptors (Lipinski definition) is 7. The average Bonchev–Trinajstić information content (AvgIpc) is 3.57. The zero-order valence-electron chi connectivity index (χ0n) is 19.3. The Balaban J connectivity index is 1.53. The lowest BCUT2D eigenvalue weighted by Gasteiger charge is -2.21. The molecule has 5 rings (SSSR count). The van der Waals surface area contributed by atoms with E-state index in [0.717, 1.165) is 45.4 Å². The van der Waals surface area contributed by atoms with Gasteiger partial charge < -0.3 is 14.2 Å². The SMILES string of the molecule is COc1ccc(C2CC(c3ccc(OC)c(OC)c3)=NN2c2nc(-c3ccccc3)cs2)cc1. The van der Waals surface area contributed by atoms with E-state index in [9.17, 15) is 0 Å².